The molecule has 7 heteroatoms. The highest BCUT2D eigenvalue weighted by Crippen LogP contribution is 2.37. The zero-order valence-corrected chi connectivity index (χ0v) is 16.4. The number of nitrogens with zero attached hydrogens (tertiary/aromatic N) is 1. The third kappa shape index (κ3) is 3.77. The van der Waals surface area contributed by atoms with Crippen LogP contribution in [-0.2, 0) is 14.4 Å². The Morgan fingerprint density at radius 1 is 1.03 bits per heavy atom. The van der Waals surface area contributed by atoms with Crippen LogP contribution >= 0.6 is 11.6 Å². The summed E-state index contributed by atoms with van der Waals surface area (Å²) in [4.78, 5) is 37.2. The Bertz CT molecular complexity index is 977. The van der Waals surface area contributed by atoms with Gasteiger partial charge in [-0.05, 0) is 42.5 Å². The van der Waals surface area contributed by atoms with E-state index in [1.165, 1.54) is 4.90 Å². The lowest BCUT2D eigenvalue weighted by Gasteiger charge is -2.29. The molecule has 2 aliphatic heterocycles. The Hall–Kier alpha value is -2.73. The van der Waals surface area contributed by atoms with Gasteiger partial charge in [0.2, 0.25) is 11.8 Å². The van der Waals surface area contributed by atoms with Crippen molar-refractivity contribution in [3.05, 3.63) is 53.1 Å². The molecule has 0 bridgehead atoms. The second-order valence-electron chi connectivity index (χ2n) is 7.36. The molecule has 2 unspecified atom stereocenters. The lowest BCUT2D eigenvalue weighted by molar-refractivity contribution is -0.134. The van der Waals surface area contributed by atoms with E-state index in [9.17, 15) is 18.8 Å². The molecule has 2 saturated heterocycles. The molecule has 0 saturated carbocycles. The first-order valence-corrected chi connectivity index (χ1v) is 10.0. The number of rotatable bonds is 3. The minimum absolute atomic E-state index is 0.267. The van der Waals surface area contributed by atoms with Crippen LogP contribution in [0.25, 0.3) is 11.1 Å². The number of hydrogen-bond acceptors (Lipinski definition) is 3. The first-order valence-electron chi connectivity index (χ1n) is 9.63. The van der Waals surface area contributed by atoms with Crippen molar-refractivity contribution in [2.24, 2.45) is 0 Å². The van der Waals surface area contributed by atoms with Gasteiger partial charge in [-0.3, -0.25) is 19.7 Å². The van der Waals surface area contributed by atoms with Crippen LogP contribution in [0.2, 0.25) is 5.02 Å². The maximum absolute atomic E-state index is 13.7. The van der Waals surface area contributed by atoms with Gasteiger partial charge in [0.25, 0.3) is 5.91 Å². The van der Waals surface area contributed by atoms with Gasteiger partial charge < -0.3 is 4.90 Å². The van der Waals surface area contributed by atoms with Crippen molar-refractivity contribution in [1.29, 1.82) is 0 Å². The molecule has 1 N–H and O–H groups in total. The summed E-state index contributed by atoms with van der Waals surface area (Å²) < 4.78 is 13.7. The fourth-order valence-electron chi connectivity index (χ4n) is 3.94. The number of carbonyl (C=O) groups excluding carboxylic acids is 3. The van der Waals surface area contributed by atoms with Crippen molar-refractivity contribution < 1.29 is 18.8 Å². The molecule has 4 rings (SSSR count). The molecule has 150 valence electrons. The van der Waals surface area contributed by atoms with Crippen molar-refractivity contribution in [3.63, 3.8) is 0 Å². The Labute approximate surface area is 172 Å². The van der Waals surface area contributed by atoms with Crippen LogP contribution in [0.3, 0.4) is 0 Å². The van der Waals surface area contributed by atoms with Gasteiger partial charge in [0.1, 0.15) is 0 Å². The molecule has 2 atom stereocenters. The quantitative estimate of drug-likeness (QED) is 0.772. The fourth-order valence-corrected chi connectivity index (χ4v) is 4.31. The van der Waals surface area contributed by atoms with E-state index in [-0.39, 0.29) is 24.7 Å². The highest BCUT2D eigenvalue weighted by atomic mass is 35.5. The molecule has 2 aromatic rings. The number of piperidine rings is 2. The number of carbonyl (C=O) groups is 3. The van der Waals surface area contributed by atoms with Crippen molar-refractivity contribution in [1.82, 2.24) is 5.32 Å². The van der Waals surface area contributed by atoms with Gasteiger partial charge in [0.05, 0.1) is 10.9 Å². The molecule has 0 radical (unpaired) electrons. The molecule has 0 aromatic heterocycles. The number of benzene rings is 2. The maximum Gasteiger partial charge on any atom is 0.261 e. The number of nitrogens with one attached hydrogen (secondary N) is 1. The highest BCUT2D eigenvalue weighted by Gasteiger charge is 2.31. The van der Waals surface area contributed by atoms with Gasteiger partial charge in [-0.25, -0.2) is 4.39 Å². The minimum atomic E-state index is -1.44. The van der Waals surface area contributed by atoms with Gasteiger partial charge in [-0.15, -0.1) is 0 Å². The van der Waals surface area contributed by atoms with E-state index in [2.05, 4.69) is 5.32 Å². The Morgan fingerprint density at radius 2 is 1.79 bits per heavy atom. The summed E-state index contributed by atoms with van der Waals surface area (Å²) in [7, 11) is 0. The smallest absolute Gasteiger partial charge is 0.261 e. The molecule has 0 aliphatic carbocycles. The van der Waals surface area contributed by atoms with Gasteiger partial charge in [0, 0.05) is 24.2 Å². The summed E-state index contributed by atoms with van der Waals surface area (Å²) in [6, 6.07) is 12.7. The first kappa shape index (κ1) is 19.6. The number of hydrogen-bond donors (Lipinski definition) is 1. The molecule has 2 aromatic carbocycles. The summed E-state index contributed by atoms with van der Waals surface area (Å²) in [6.45, 7) is 0.504. The second kappa shape index (κ2) is 7.95. The second-order valence-corrected chi connectivity index (χ2v) is 7.74. The van der Waals surface area contributed by atoms with Crippen LogP contribution in [0.15, 0.2) is 42.5 Å². The zero-order chi connectivity index (χ0) is 20.5. The van der Waals surface area contributed by atoms with Crippen LogP contribution in [0.4, 0.5) is 10.1 Å². The predicted octanol–water partition coefficient (Wildman–Crippen LogP) is 3.99. The summed E-state index contributed by atoms with van der Waals surface area (Å²) in [6.07, 6.45) is 0.173. The molecule has 2 aliphatic rings. The van der Waals surface area contributed by atoms with Gasteiger partial charge in [-0.1, -0.05) is 41.9 Å². The van der Waals surface area contributed by atoms with Gasteiger partial charge in [-0.2, -0.15) is 0 Å². The van der Waals surface area contributed by atoms with Crippen molar-refractivity contribution >= 4 is 35.0 Å². The van der Waals surface area contributed by atoms with Crippen molar-refractivity contribution in [2.75, 3.05) is 11.4 Å². The summed E-state index contributed by atoms with van der Waals surface area (Å²) in [5.74, 6) is -1.56. The number of anilines is 1. The summed E-state index contributed by atoms with van der Waals surface area (Å²) in [5.41, 5.74) is 2.92. The number of amides is 3. The Morgan fingerprint density at radius 3 is 2.52 bits per heavy atom. The molecule has 2 fully saturated rings. The molecule has 29 heavy (non-hydrogen) atoms. The standard InChI is InChI=1S/C22H20ClFN2O3/c23-20-15(3-1-4-16(20)17-10-11-19(27)25-21(17)28)13-6-8-14(9-7-13)26-12-2-5-18(24)22(26)29/h1,3-4,6-9,17-18H,2,5,10-12H2,(H,25,27,28). The Kier molecular flexibility index (Phi) is 5.37. The normalized spacial score (nSPS) is 22.6. The highest BCUT2D eigenvalue weighted by molar-refractivity contribution is 6.34. The van der Waals surface area contributed by atoms with E-state index in [1.54, 1.807) is 18.2 Å². The zero-order valence-electron chi connectivity index (χ0n) is 15.7. The van der Waals surface area contributed by atoms with E-state index in [1.807, 2.05) is 24.3 Å². The molecule has 3 amide bonds. The lowest BCUT2D eigenvalue weighted by atomic mass is 9.88. The lowest BCUT2D eigenvalue weighted by Crippen LogP contribution is -2.42. The van der Waals surface area contributed by atoms with Crippen LogP contribution in [-0.4, -0.2) is 30.4 Å². The topological polar surface area (TPSA) is 66.5 Å². The molecular weight excluding hydrogens is 395 g/mol. The number of halogens is 2. The summed E-state index contributed by atoms with van der Waals surface area (Å²) >= 11 is 6.63. The van der Waals surface area contributed by atoms with Crippen LogP contribution in [0, 0.1) is 0 Å². The van der Waals surface area contributed by atoms with E-state index >= 15 is 0 Å². The van der Waals surface area contributed by atoms with Crippen LogP contribution in [0.1, 0.15) is 37.2 Å². The predicted molar refractivity (Wildman–Crippen MR) is 108 cm³/mol. The third-order valence-corrected chi connectivity index (χ3v) is 5.93. The van der Waals surface area contributed by atoms with Crippen molar-refractivity contribution in [2.45, 2.75) is 37.8 Å². The molecule has 5 nitrogen and oxygen atoms in total. The first-order chi connectivity index (χ1) is 14.0. The van der Waals surface area contributed by atoms with Gasteiger partial charge >= 0.3 is 0 Å². The van der Waals surface area contributed by atoms with E-state index in [4.69, 9.17) is 11.6 Å². The van der Waals surface area contributed by atoms with E-state index in [0.717, 1.165) is 11.1 Å². The average Bonchev–Trinajstić information content (AvgIpc) is 2.71. The third-order valence-electron chi connectivity index (χ3n) is 5.51. The largest absolute Gasteiger partial charge is 0.310 e. The molecule has 0 spiro atoms. The number of alkyl halides is 1. The fraction of sp³-hybridized carbons (Fsp3) is 0.318. The van der Waals surface area contributed by atoms with Crippen LogP contribution < -0.4 is 10.2 Å². The minimum Gasteiger partial charge on any atom is -0.310 e. The van der Waals surface area contributed by atoms with Crippen molar-refractivity contribution in [3.8, 4) is 11.1 Å². The Balaban J connectivity index is 1.61. The monoisotopic (exact) mass is 414 g/mol. The van der Waals surface area contributed by atoms with E-state index < -0.39 is 18.0 Å². The summed E-state index contributed by atoms with van der Waals surface area (Å²) in [5, 5.41) is 2.83. The average molecular weight is 415 g/mol. The van der Waals surface area contributed by atoms with Gasteiger partial charge in [0.15, 0.2) is 6.17 Å². The SMILES string of the molecule is O=C1CCC(c2cccc(-c3ccc(N4CCCC(F)C4=O)cc3)c2Cl)C(=O)N1. The number of imide groups is 1. The maximum atomic E-state index is 13.7. The van der Waals surface area contributed by atoms with Crippen LogP contribution in [0.5, 0.6) is 0 Å². The molecular formula is C22H20ClFN2O3. The van der Waals surface area contributed by atoms with E-state index in [0.29, 0.717) is 35.7 Å². The molecule has 2 heterocycles.